The van der Waals surface area contributed by atoms with Crippen LogP contribution in [0.2, 0.25) is 0 Å². The van der Waals surface area contributed by atoms with Crippen LogP contribution in [0.5, 0.6) is 0 Å². The molecule has 0 amide bonds. The molecule has 0 spiro atoms. The average Bonchev–Trinajstić information content (AvgIpc) is 2.83. The van der Waals surface area contributed by atoms with E-state index in [-0.39, 0.29) is 0 Å². The second-order valence-corrected chi connectivity index (χ2v) is 5.79. The van der Waals surface area contributed by atoms with Crippen LogP contribution in [0.1, 0.15) is 41.8 Å². The highest BCUT2D eigenvalue weighted by molar-refractivity contribution is 7.08. The van der Waals surface area contributed by atoms with Crippen molar-refractivity contribution in [2.45, 2.75) is 39.7 Å². The van der Waals surface area contributed by atoms with Crippen LogP contribution in [-0.2, 0) is 6.42 Å². The van der Waals surface area contributed by atoms with Gasteiger partial charge in [-0.05, 0) is 60.3 Å². The third kappa shape index (κ3) is 3.88. The molecule has 3 heteroatoms. The number of thiophene rings is 1. The highest BCUT2D eigenvalue weighted by Crippen LogP contribution is 2.24. The van der Waals surface area contributed by atoms with E-state index in [1.54, 1.807) is 11.3 Å². The zero-order valence-corrected chi connectivity index (χ0v) is 12.8. The third-order valence-corrected chi connectivity index (χ3v) is 4.18. The molecule has 2 heterocycles. The molecule has 2 aromatic heterocycles. The Bertz CT molecular complexity index is 502. The molecule has 2 nitrogen and oxygen atoms in total. The predicted molar refractivity (Wildman–Crippen MR) is 82.8 cm³/mol. The minimum Gasteiger partial charge on any atom is -0.310 e. The molecule has 2 rings (SSSR count). The van der Waals surface area contributed by atoms with Gasteiger partial charge in [-0.3, -0.25) is 4.98 Å². The quantitative estimate of drug-likeness (QED) is 0.860. The molecule has 0 aliphatic carbocycles. The number of nitrogens with one attached hydrogen (secondary N) is 1. The van der Waals surface area contributed by atoms with Gasteiger partial charge >= 0.3 is 0 Å². The smallest absolute Gasteiger partial charge is 0.0422 e. The van der Waals surface area contributed by atoms with Crippen molar-refractivity contribution in [3.8, 4) is 0 Å². The summed E-state index contributed by atoms with van der Waals surface area (Å²) in [4.78, 5) is 4.53. The van der Waals surface area contributed by atoms with E-state index in [9.17, 15) is 0 Å². The maximum atomic E-state index is 4.53. The van der Waals surface area contributed by atoms with Crippen molar-refractivity contribution < 1.29 is 0 Å². The van der Waals surface area contributed by atoms with Crippen molar-refractivity contribution in [1.82, 2.24) is 10.3 Å². The molecule has 1 atom stereocenters. The fraction of sp³-hybridized carbons (Fsp3) is 0.438. The fourth-order valence-corrected chi connectivity index (χ4v) is 3.07. The molecule has 0 fully saturated rings. The number of aryl methyl sites for hydroxylation is 2. The molecular formula is C16H22N2S. The molecule has 2 aromatic rings. The van der Waals surface area contributed by atoms with Gasteiger partial charge in [0, 0.05) is 24.4 Å². The summed E-state index contributed by atoms with van der Waals surface area (Å²) in [5.41, 5.74) is 5.17. The van der Waals surface area contributed by atoms with E-state index in [1.807, 2.05) is 6.20 Å². The summed E-state index contributed by atoms with van der Waals surface area (Å²) < 4.78 is 0. The Hall–Kier alpha value is -1.19. The van der Waals surface area contributed by atoms with Crippen molar-refractivity contribution in [1.29, 1.82) is 0 Å². The summed E-state index contributed by atoms with van der Waals surface area (Å²) in [6, 6.07) is 4.65. The van der Waals surface area contributed by atoms with Crippen molar-refractivity contribution in [2.24, 2.45) is 0 Å². The Morgan fingerprint density at radius 2 is 2.11 bits per heavy atom. The first kappa shape index (κ1) is 14.2. The molecule has 1 unspecified atom stereocenters. The molecule has 0 bridgehead atoms. The van der Waals surface area contributed by atoms with E-state index in [2.05, 4.69) is 54.0 Å². The topological polar surface area (TPSA) is 24.9 Å². The first-order chi connectivity index (χ1) is 9.20. The maximum absolute atomic E-state index is 4.53. The van der Waals surface area contributed by atoms with Gasteiger partial charge in [-0.1, -0.05) is 13.0 Å². The monoisotopic (exact) mass is 274 g/mol. The van der Waals surface area contributed by atoms with Gasteiger partial charge in [0.15, 0.2) is 0 Å². The number of rotatable bonds is 6. The summed E-state index contributed by atoms with van der Waals surface area (Å²) in [7, 11) is 0. The summed E-state index contributed by atoms with van der Waals surface area (Å²) in [5.74, 6) is 0. The number of nitrogens with zero attached hydrogens (tertiary/aromatic N) is 1. The number of hydrogen-bond acceptors (Lipinski definition) is 3. The van der Waals surface area contributed by atoms with E-state index in [1.165, 1.54) is 16.7 Å². The summed E-state index contributed by atoms with van der Waals surface area (Å²) in [6.45, 7) is 7.52. The first-order valence-electron chi connectivity index (χ1n) is 6.88. The minimum absolute atomic E-state index is 0.376. The molecule has 102 valence electrons. The Kier molecular flexibility index (Phi) is 5.11. The Labute approximate surface area is 119 Å². The van der Waals surface area contributed by atoms with Gasteiger partial charge in [0.25, 0.3) is 0 Å². The van der Waals surface area contributed by atoms with Crippen LogP contribution in [0.4, 0.5) is 0 Å². The third-order valence-electron chi connectivity index (χ3n) is 3.30. The lowest BCUT2D eigenvalue weighted by Gasteiger charge is -2.18. The van der Waals surface area contributed by atoms with Gasteiger partial charge in [0.05, 0.1) is 0 Å². The predicted octanol–water partition coefficient (Wildman–Crippen LogP) is 4.04. The minimum atomic E-state index is 0.376. The van der Waals surface area contributed by atoms with Crippen LogP contribution in [0.3, 0.4) is 0 Å². The van der Waals surface area contributed by atoms with E-state index < -0.39 is 0 Å². The molecule has 0 radical (unpaired) electrons. The van der Waals surface area contributed by atoms with Gasteiger partial charge in [0.2, 0.25) is 0 Å². The Morgan fingerprint density at radius 3 is 2.68 bits per heavy atom. The van der Waals surface area contributed by atoms with E-state index in [0.717, 1.165) is 25.1 Å². The lowest BCUT2D eigenvalue weighted by Crippen LogP contribution is -2.24. The molecule has 0 aliphatic heterocycles. The van der Waals surface area contributed by atoms with Crippen molar-refractivity contribution in [3.05, 3.63) is 51.5 Å². The highest BCUT2D eigenvalue weighted by atomic mass is 32.1. The molecule has 0 aromatic carbocycles. The van der Waals surface area contributed by atoms with Crippen LogP contribution < -0.4 is 5.32 Å². The van der Waals surface area contributed by atoms with Gasteiger partial charge in [-0.25, -0.2) is 0 Å². The van der Waals surface area contributed by atoms with Crippen molar-refractivity contribution in [2.75, 3.05) is 6.54 Å². The number of hydrogen-bond donors (Lipinski definition) is 1. The van der Waals surface area contributed by atoms with Crippen molar-refractivity contribution >= 4 is 11.3 Å². The molecule has 19 heavy (non-hydrogen) atoms. The van der Waals surface area contributed by atoms with Gasteiger partial charge < -0.3 is 5.32 Å². The van der Waals surface area contributed by atoms with Crippen molar-refractivity contribution in [3.63, 3.8) is 0 Å². The van der Waals surface area contributed by atoms with Crippen LogP contribution in [0.15, 0.2) is 29.1 Å². The number of aromatic nitrogens is 1. The van der Waals surface area contributed by atoms with E-state index in [0.29, 0.717) is 6.04 Å². The SMILES string of the molecule is CCCNC(Cc1ccc(C)cn1)c1cscc1C. The molecular weight excluding hydrogens is 252 g/mol. The first-order valence-corrected chi connectivity index (χ1v) is 7.82. The van der Waals surface area contributed by atoms with E-state index in [4.69, 9.17) is 0 Å². The maximum Gasteiger partial charge on any atom is 0.0422 e. The standard InChI is InChI=1S/C16H22N2S/c1-4-7-17-16(15-11-19-10-13(15)3)8-14-6-5-12(2)9-18-14/h5-6,9-11,16-17H,4,7-8H2,1-3H3. The highest BCUT2D eigenvalue weighted by Gasteiger charge is 2.15. The normalized spacial score (nSPS) is 12.6. The molecule has 0 saturated heterocycles. The summed E-state index contributed by atoms with van der Waals surface area (Å²) in [6.07, 6.45) is 4.06. The fourth-order valence-electron chi connectivity index (χ4n) is 2.17. The van der Waals surface area contributed by atoms with Crippen LogP contribution in [0, 0.1) is 13.8 Å². The van der Waals surface area contributed by atoms with Gasteiger partial charge in [-0.2, -0.15) is 11.3 Å². The van der Waals surface area contributed by atoms with Gasteiger partial charge in [-0.15, -0.1) is 0 Å². The lowest BCUT2D eigenvalue weighted by atomic mass is 10.0. The zero-order valence-electron chi connectivity index (χ0n) is 11.9. The van der Waals surface area contributed by atoms with E-state index >= 15 is 0 Å². The summed E-state index contributed by atoms with van der Waals surface area (Å²) >= 11 is 1.78. The zero-order chi connectivity index (χ0) is 13.7. The van der Waals surface area contributed by atoms with Crippen LogP contribution in [-0.4, -0.2) is 11.5 Å². The second kappa shape index (κ2) is 6.83. The van der Waals surface area contributed by atoms with Crippen LogP contribution in [0.25, 0.3) is 0 Å². The largest absolute Gasteiger partial charge is 0.310 e. The molecule has 1 N–H and O–H groups in total. The summed E-state index contributed by atoms with van der Waals surface area (Å²) in [5, 5.41) is 8.12. The number of pyridine rings is 1. The Balaban J connectivity index is 2.14. The van der Waals surface area contributed by atoms with Gasteiger partial charge in [0.1, 0.15) is 0 Å². The average molecular weight is 274 g/mol. The van der Waals surface area contributed by atoms with Crippen LogP contribution >= 0.6 is 11.3 Å². The Morgan fingerprint density at radius 1 is 1.26 bits per heavy atom. The molecule has 0 saturated carbocycles. The second-order valence-electron chi connectivity index (χ2n) is 5.05. The molecule has 0 aliphatic rings. The lowest BCUT2D eigenvalue weighted by molar-refractivity contribution is 0.524.